The van der Waals surface area contributed by atoms with Crippen LogP contribution in [0.1, 0.15) is 22.3 Å². The maximum atomic E-state index is 12.5. The Morgan fingerprint density at radius 3 is 2.44 bits per heavy atom. The Labute approximate surface area is 185 Å². The minimum absolute atomic E-state index is 0.207. The number of nitrogens with one attached hydrogen (secondary N) is 2. The van der Waals surface area contributed by atoms with Crippen molar-refractivity contribution in [2.45, 2.75) is 32.7 Å². The lowest BCUT2D eigenvalue weighted by molar-refractivity contribution is -0.153. The Kier molecular flexibility index (Phi) is 7.75. The molecule has 0 fully saturated rings. The summed E-state index contributed by atoms with van der Waals surface area (Å²) in [5.41, 5.74) is 3.68. The first kappa shape index (κ1) is 23.2. The van der Waals surface area contributed by atoms with Crippen LogP contribution in [0.3, 0.4) is 0 Å². The molecule has 6 nitrogen and oxygen atoms in total. The third-order valence-corrected chi connectivity index (χ3v) is 4.69. The molecule has 0 aliphatic carbocycles. The molecule has 0 amide bonds. The first-order valence-corrected chi connectivity index (χ1v) is 10.1. The second-order valence-electron chi connectivity index (χ2n) is 7.35. The number of benzene rings is 2. The van der Waals surface area contributed by atoms with Gasteiger partial charge < -0.3 is 19.9 Å². The molecule has 0 aliphatic rings. The average Bonchev–Trinajstić information content (AvgIpc) is 3.27. The van der Waals surface area contributed by atoms with E-state index < -0.39 is 12.8 Å². The van der Waals surface area contributed by atoms with E-state index in [1.54, 1.807) is 38.6 Å². The molecule has 1 heterocycles. The number of nitrogens with zero attached hydrogens (tertiary/aromatic N) is 3. The van der Waals surface area contributed by atoms with Gasteiger partial charge >= 0.3 is 6.18 Å². The van der Waals surface area contributed by atoms with Gasteiger partial charge in [0.1, 0.15) is 5.75 Å². The van der Waals surface area contributed by atoms with Crippen molar-refractivity contribution < 1.29 is 17.9 Å². The van der Waals surface area contributed by atoms with Crippen LogP contribution in [0.2, 0.25) is 0 Å². The van der Waals surface area contributed by atoms with E-state index in [9.17, 15) is 13.2 Å². The van der Waals surface area contributed by atoms with Gasteiger partial charge in [-0.25, -0.2) is 4.98 Å². The van der Waals surface area contributed by atoms with Crippen LogP contribution in [0.4, 0.5) is 13.2 Å². The summed E-state index contributed by atoms with van der Waals surface area (Å²) in [6, 6.07) is 13.4. The van der Waals surface area contributed by atoms with Gasteiger partial charge in [0.2, 0.25) is 0 Å². The fourth-order valence-corrected chi connectivity index (χ4v) is 3.04. The molecule has 9 heteroatoms. The van der Waals surface area contributed by atoms with Gasteiger partial charge in [0, 0.05) is 44.6 Å². The zero-order valence-corrected chi connectivity index (χ0v) is 18.0. The number of aromatic nitrogens is 2. The number of guanidine groups is 1. The molecule has 3 aromatic rings. The molecule has 1 aromatic heterocycles. The molecule has 170 valence electrons. The first-order chi connectivity index (χ1) is 15.3. The van der Waals surface area contributed by atoms with Gasteiger partial charge in [0.25, 0.3) is 0 Å². The molecule has 0 spiro atoms. The van der Waals surface area contributed by atoms with E-state index in [-0.39, 0.29) is 12.3 Å². The molecule has 0 bridgehead atoms. The van der Waals surface area contributed by atoms with Crippen molar-refractivity contribution in [1.29, 1.82) is 0 Å². The quantitative estimate of drug-likeness (QED) is 0.406. The molecule has 32 heavy (non-hydrogen) atoms. The predicted molar refractivity (Wildman–Crippen MR) is 118 cm³/mol. The highest BCUT2D eigenvalue weighted by molar-refractivity contribution is 5.79. The normalized spacial score (nSPS) is 12.0. The van der Waals surface area contributed by atoms with Gasteiger partial charge in [-0.2, -0.15) is 13.2 Å². The van der Waals surface area contributed by atoms with E-state index >= 15 is 0 Å². The van der Waals surface area contributed by atoms with E-state index in [4.69, 9.17) is 4.74 Å². The monoisotopic (exact) mass is 445 g/mol. The summed E-state index contributed by atoms with van der Waals surface area (Å²) >= 11 is 0. The SMILES string of the molecule is CN=C(NCc1ccc(Cn2ccnc2)cc1)NCc1ccc(C)cc1OCC(F)(F)F. The van der Waals surface area contributed by atoms with Crippen molar-refractivity contribution >= 4 is 5.96 Å². The fourth-order valence-electron chi connectivity index (χ4n) is 3.04. The van der Waals surface area contributed by atoms with Crippen LogP contribution in [0, 0.1) is 6.92 Å². The zero-order chi connectivity index (χ0) is 23.0. The molecule has 0 unspecified atom stereocenters. The van der Waals surface area contributed by atoms with Crippen LogP contribution < -0.4 is 15.4 Å². The van der Waals surface area contributed by atoms with Crippen molar-refractivity contribution in [3.63, 3.8) is 0 Å². The first-order valence-electron chi connectivity index (χ1n) is 10.1. The minimum Gasteiger partial charge on any atom is -0.484 e. The zero-order valence-electron chi connectivity index (χ0n) is 18.0. The summed E-state index contributed by atoms with van der Waals surface area (Å²) in [7, 11) is 1.64. The summed E-state index contributed by atoms with van der Waals surface area (Å²) < 4.78 is 44.6. The predicted octanol–water partition coefficient (Wildman–Crippen LogP) is 4.05. The van der Waals surface area contributed by atoms with Crippen LogP contribution in [-0.2, 0) is 19.6 Å². The molecule has 2 N–H and O–H groups in total. The third-order valence-electron chi connectivity index (χ3n) is 4.69. The lowest BCUT2D eigenvalue weighted by atomic mass is 10.1. The summed E-state index contributed by atoms with van der Waals surface area (Å²) in [5, 5.41) is 6.33. The number of rotatable bonds is 8. The Bertz CT molecular complexity index is 1020. The maximum Gasteiger partial charge on any atom is 0.422 e. The van der Waals surface area contributed by atoms with Crippen LogP contribution in [-0.4, -0.2) is 35.3 Å². The lowest BCUT2D eigenvalue weighted by Crippen LogP contribution is -2.36. The number of hydrogen-bond donors (Lipinski definition) is 2. The van der Waals surface area contributed by atoms with E-state index in [1.165, 1.54) is 5.56 Å². The Morgan fingerprint density at radius 1 is 1.06 bits per heavy atom. The summed E-state index contributed by atoms with van der Waals surface area (Å²) in [6.07, 6.45) is 1.05. The fraction of sp³-hybridized carbons (Fsp3) is 0.304. The third kappa shape index (κ3) is 7.33. The van der Waals surface area contributed by atoms with E-state index in [2.05, 4.69) is 32.7 Å². The topological polar surface area (TPSA) is 63.5 Å². The average molecular weight is 445 g/mol. The van der Waals surface area contributed by atoms with E-state index in [0.717, 1.165) is 17.7 Å². The number of alkyl halides is 3. The number of hydrogen-bond acceptors (Lipinski definition) is 3. The second kappa shape index (κ2) is 10.7. The molecule has 0 aliphatic heterocycles. The number of aryl methyl sites for hydroxylation is 1. The van der Waals surface area contributed by atoms with Gasteiger partial charge in [0.15, 0.2) is 12.6 Å². The molecule has 0 saturated heterocycles. The van der Waals surface area contributed by atoms with Crippen molar-refractivity contribution in [2.75, 3.05) is 13.7 Å². The van der Waals surface area contributed by atoms with Crippen molar-refractivity contribution in [3.8, 4) is 5.75 Å². The largest absolute Gasteiger partial charge is 0.484 e. The van der Waals surface area contributed by atoms with Crippen LogP contribution in [0.5, 0.6) is 5.75 Å². The van der Waals surface area contributed by atoms with Crippen LogP contribution in [0.25, 0.3) is 0 Å². The van der Waals surface area contributed by atoms with Crippen molar-refractivity contribution in [3.05, 3.63) is 83.4 Å². The standard InChI is InChI=1S/C23H26F3N5O/c1-17-3-8-20(21(11-17)32-15-23(24,25)26)13-30-22(27-2)29-12-18-4-6-19(7-5-18)14-31-10-9-28-16-31/h3-11,16H,12-15H2,1-2H3,(H2,27,29,30). The maximum absolute atomic E-state index is 12.5. The minimum atomic E-state index is -4.39. The Morgan fingerprint density at radius 2 is 1.78 bits per heavy atom. The Hall–Kier alpha value is -3.49. The molecular weight excluding hydrogens is 419 g/mol. The van der Waals surface area contributed by atoms with Gasteiger partial charge in [-0.15, -0.1) is 0 Å². The highest BCUT2D eigenvalue weighted by Gasteiger charge is 2.28. The van der Waals surface area contributed by atoms with Crippen molar-refractivity contribution in [1.82, 2.24) is 20.2 Å². The molecule has 3 rings (SSSR count). The number of ether oxygens (including phenoxy) is 1. The van der Waals surface area contributed by atoms with Crippen LogP contribution >= 0.6 is 0 Å². The number of imidazole rings is 1. The smallest absolute Gasteiger partial charge is 0.422 e. The highest BCUT2D eigenvalue weighted by Crippen LogP contribution is 2.23. The van der Waals surface area contributed by atoms with Crippen LogP contribution in [0.15, 0.2) is 66.2 Å². The Balaban J connectivity index is 1.53. The number of aliphatic imine (C=N–C) groups is 1. The lowest BCUT2D eigenvalue weighted by Gasteiger charge is -2.16. The molecular formula is C23H26F3N5O. The van der Waals surface area contributed by atoms with Gasteiger partial charge in [-0.1, -0.05) is 36.4 Å². The van der Waals surface area contributed by atoms with E-state index in [0.29, 0.717) is 18.1 Å². The van der Waals surface area contributed by atoms with Crippen molar-refractivity contribution in [2.24, 2.45) is 4.99 Å². The molecule has 0 radical (unpaired) electrons. The highest BCUT2D eigenvalue weighted by atomic mass is 19.4. The van der Waals surface area contributed by atoms with E-state index in [1.807, 2.05) is 29.0 Å². The van der Waals surface area contributed by atoms with Gasteiger partial charge in [-0.05, 0) is 29.7 Å². The molecule has 0 atom stereocenters. The van der Waals surface area contributed by atoms with Gasteiger partial charge in [-0.3, -0.25) is 4.99 Å². The molecule has 0 saturated carbocycles. The molecule has 2 aromatic carbocycles. The number of halogens is 3. The second-order valence-corrected chi connectivity index (χ2v) is 7.35. The van der Waals surface area contributed by atoms with Gasteiger partial charge in [0.05, 0.1) is 6.33 Å². The summed E-state index contributed by atoms with van der Waals surface area (Å²) in [6.45, 7) is 2.06. The summed E-state index contributed by atoms with van der Waals surface area (Å²) in [5.74, 6) is 0.744. The summed E-state index contributed by atoms with van der Waals surface area (Å²) in [4.78, 5) is 8.22.